The minimum absolute atomic E-state index is 0.0126. The first-order chi connectivity index (χ1) is 11.1. The SMILES string of the molecule is CN(c1cncnc1)c1cc(Cl)cc(C(=O)Cc2nccs2)c1. The van der Waals surface area contributed by atoms with E-state index in [1.165, 1.54) is 17.7 Å². The first-order valence-electron chi connectivity index (χ1n) is 6.84. The number of thiazole rings is 1. The highest BCUT2D eigenvalue weighted by atomic mass is 35.5. The maximum Gasteiger partial charge on any atom is 0.169 e. The van der Waals surface area contributed by atoms with Gasteiger partial charge in [-0.25, -0.2) is 15.0 Å². The van der Waals surface area contributed by atoms with E-state index < -0.39 is 0 Å². The molecule has 23 heavy (non-hydrogen) atoms. The fourth-order valence-corrected chi connectivity index (χ4v) is 2.97. The minimum atomic E-state index is -0.0126. The van der Waals surface area contributed by atoms with E-state index in [9.17, 15) is 4.79 Å². The molecule has 0 unspecified atom stereocenters. The number of nitrogens with zero attached hydrogens (tertiary/aromatic N) is 4. The van der Waals surface area contributed by atoms with E-state index in [2.05, 4.69) is 15.0 Å². The number of rotatable bonds is 5. The maximum atomic E-state index is 12.4. The van der Waals surface area contributed by atoms with Crippen LogP contribution in [0.1, 0.15) is 15.4 Å². The molecule has 116 valence electrons. The lowest BCUT2D eigenvalue weighted by molar-refractivity contribution is 0.0993. The number of carbonyl (C=O) groups excluding carboxylic acids is 1. The zero-order valence-corrected chi connectivity index (χ0v) is 13.9. The van der Waals surface area contributed by atoms with E-state index in [1.54, 1.807) is 30.7 Å². The number of hydrogen-bond acceptors (Lipinski definition) is 6. The number of anilines is 2. The summed E-state index contributed by atoms with van der Waals surface area (Å²) in [6, 6.07) is 5.29. The summed E-state index contributed by atoms with van der Waals surface area (Å²) in [5.41, 5.74) is 2.18. The van der Waals surface area contributed by atoms with Gasteiger partial charge in [-0.3, -0.25) is 4.79 Å². The fourth-order valence-electron chi connectivity index (χ4n) is 2.12. The van der Waals surface area contributed by atoms with Crippen molar-refractivity contribution < 1.29 is 4.79 Å². The number of halogens is 1. The normalized spacial score (nSPS) is 10.5. The molecule has 0 atom stereocenters. The van der Waals surface area contributed by atoms with Crippen LogP contribution < -0.4 is 4.90 Å². The van der Waals surface area contributed by atoms with Gasteiger partial charge in [-0.1, -0.05) is 11.6 Å². The van der Waals surface area contributed by atoms with Crippen molar-refractivity contribution in [1.82, 2.24) is 15.0 Å². The van der Waals surface area contributed by atoms with Crippen LogP contribution in [0.25, 0.3) is 0 Å². The first-order valence-corrected chi connectivity index (χ1v) is 8.10. The quantitative estimate of drug-likeness (QED) is 0.659. The molecule has 0 N–H and O–H groups in total. The standard InChI is InChI=1S/C16H13ClN4OS/c1-21(14-8-18-10-19-9-14)13-5-11(4-12(17)6-13)15(22)7-16-20-2-3-23-16/h2-6,8-10H,7H2,1H3. The van der Waals surface area contributed by atoms with Gasteiger partial charge in [-0.15, -0.1) is 11.3 Å². The number of benzene rings is 1. The highest BCUT2D eigenvalue weighted by Crippen LogP contribution is 2.27. The van der Waals surface area contributed by atoms with E-state index in [0.29, 0.717) is 10.6 Å². The summed E-state index contributed by atoms with van der Waals surface area (Å²) < 4.78 is 0. The molecule has 0 radical (unpaired) electrons. The van der Waals surface area contributed by atoms with Crippen molar-refractivity contribution in [3.8, 4) is 0 Å². The summed E-state index contributed by atoms with van der Waals surface area (Å²) in [7, 11) is 1.87. The van der Waals surface area contributed by atoms with Crippen molar-refractivity contribution in [2.45, 2.75) is 6.42 Å². The van der Waals surface area contributed by atoms with E-state index in [0.717, 1.165) is 16.4 Å². The van der Waals surface area contributed by atoms with Crippen molar-refractivity contribution in [1.29, 1.82) is 0 Å². The second-order valence-corrected chi connectivity index (χ2v) is 6.30. The Morgan fingerprint density at radius 1 is 1.22 bits per heavy atom. The zero-order chi connectivity index (χ0) is 16.2. The fraction of sp³-hybridized carbons (Fsp3) is 0.125. The van der Waals surface area contributed by atoms with E-state index in [-0.39, 0.29) is 12.2 Å². The van der Waals surface area contributed by atoms with Gasteiger partial charge < -0.3 is 4.90 Å². The van der Waals surface area contributed by atoms with Crippen LogP contribution in [0.15, 0.2) is 48.5 Å². The molecule has 3 aromatic rings. The van der Waals surface area contributed by atoms with E-state index >= 15 is 0 Å². The topological polar surface area (TPSA) is 59.0 Å². The second-order valence-electron chi connectivity index (χ2n) is 4.88. The molecular weight excluding hydrogens is 332 g/mol. The number of carbonyl (C=O) groups is 1. The molecule has 2 aromatic heterocycles. The van der Waals surface area contributed by atoms with Crippen molar-refractivity contribution in [3.05, 3.63) is 64.1 Å². The van der Waals surface area contributed by atoms with Crippen molar-refractivity contribution >= 4 is 40.1 Å². The van der Waals surface area contributed by atoms with Gasteiger partial charge in [0.25, 0.3) is 0 Å². The third-order valence-corrected chi connectivity index (χ3v) is 4.32. The highest BCUT2D eigenvalue weighted by Gasteiger charge is 2.13. The summed E-state index contributed by atoms with van der Waals surface area (Å²) in [4.78, 5) is 26.5. The Morgan fingerprint density at radius 3 is 2.70 bits per heavy atom. The molecule has 0 fully saturated rings. The molecule has 0 saturated heterocycles. The smallest absolute Gasteiger partial charge is 0.169 e. The molecule has 5 nitrogen and oxygen atoms in total. The number of ketones is 1. The van der Waals surface area contributed by atoms with Crippen LogP contribution in [-0.2, 0) is 6.42 Å². The third-order valence-electron chi connectivity index (χ3n) is 3.32. The maximum absolute atomic E-state index is 12.4. The van der Waals surface area contributed by atoms with Crippen LogP contribution in [0.3, 0.4) is 0 Å². The molecular formula is C16H13ClN4OS. The molecule has 1 aromatic carbocycles. The van der Waals surface area contributed by atoms with Gasteiger partial charge >= 0.3 is 0 Å². The monoisotopic (exact) mass is 344 g/mol. The van der Waals surface area contributed by atoms with Gasteiger partial charge in [0.2, 0.25) is 0 Å². The van der Waals surface area contributed by atoms with Gasteiger partial charge in [0, 0.05) is 34.9 Å². The molecule has 0 aliphatic rings. The van der Waals surface area contributed by atoms with Gasteiger partial charge in [0.15, 0.2) is 5.78 Å². The predicted octanol–water partition coefficient (Wildman–Crippen LogP) is 3.78. The Labute approximate surface area is 142 Å². The largest absolute Gasteiger partial charge is 0.342 e. The number of hydrogen-bond donors (Lipinski definition) is 0. The molecule has 0 spiro atoms. The van der Waals surface area contributed by atoms with Crippen molar-refractivity contribution in [2.24, 2.45) is 0 Å². The lowest BCUT2D eigenvalue weighted by Gasteiger charge is -2.19. The van der Waals surface area contributed by atoms with Gasteiger partial charge in [0.05, 0.1) is 24.5 Å². The molecule has 7 heteroatoms. The van der Waals surface area contributed by atoms with E-state index in [4.69, 9.17) is 11.6 Å². The van der Waals surface area contributed by atoms with Crippen LogP contribution in [0.4, 0.5) is 11.4 Å². The Hall–Kier alpha value is -2.31. The molecule has 3 rings (SSSR count). The average Bonchev–Trinajstić information content (AvgIpc) is 3.07. The minimum Gasteiger partial charge on any atom is -0.342 e. The zero-order valence-electron chi connectivity index (χ0n) is 12.3. The molecule has 0 saturated carbocycles. The lowest BCUT2D eigenvalue weighted by atomic mass is 10.1. The number of aromatic nitrogens is 3. The highest BCUT2D eigenvalue weighted by molar-refractivity contribution is 7.09. The van der Waals surface area contributed by atoms with Crippen molar-refractivity contribution in [2.75, 3.05) is 11.9 Å². The third kappa shape index (κ3) is 3.72. The van der Waals surface area contributed by atoms with Crippen molar-refractivity contribution in [3.63, 3.8) is 0 Å². The first kappa shape index (κ1) is 15.6. The molecule has 0 amide bonds. The van der Waals surface area contributed by atoms with Gasteiger partial charge in [-0.05, 0) is 18.2 Å². The molecule has 2 heterocycles. The van der Waals surface area contributed by atoms with Gasteiger partial charge in [-0.2, -0.15) is 0 Å². The Bertz CT molecular complexity index is 808. The Balaban J connectivity index is 1.88. The Morgan fingerprint density at radius 2 is 2.00 bits per heavy atom. The van der Waals surface area contributed by atoms with Crippen LogP contribution >= 0.6 is 22.9 Å². The Kier molecular flexibility index (Phi) is 4.64. The second kappa shape index (κ2) is 6.85. The van der Waals surface area contributed by atoms with E-state index in [1.807, 2.05) is 23.4 Å². The molecule has 0 aliphatic carbocycles. The predicted molar refractivity (Wildman–Crippen MR) is 91.7 cm³/mol. The summed E-state index contributed by atoms with van der Waals surface area (Å²) in [6.45, 7) is 0. The molecule has 0 aliphatic heterocycles. The average molecular weight is 345 g/mol. The molecule has 0 bridgehead atoms. The van der Waals surface area contributed by atoms with Crippen LogP contribution in [0.2, 0.25) is 5.02 Å². The van der Waals surface area contributed by atoms with Crippen LogP contribution in [0.5, 0.6) is 0 Å². The summed E-state index contributed by atoms with van der Waals surface area (Å²) in [6.07, 6.45) is 6.84. The van der Waals surface area contributed by atoms with Crippen LogP contribution in [-0.4, -0.2) is 27.8 Å². The summed E-state index contributed by atoms with van der Waals surface area (Å²) in [5, 5.41) is 3.16. The number of Topliss-reactive ketones (excluding diaryl/α,β-unsaturated/α-hetero) is 1. The summed E-state index contributed by atoms with van der Waals surface area (Å²) in [5.74, 6) is -0.0126. The van der Waals surface area contributed by atoms with Crippen LogP contribution in [0, 0.1) is 0 Å². The summed E-state index contributed by atoms with van der Waals surface area (Å²) >= 11 is 7.65. The van der Waals surface area contributed by atoms with Gasteiger partial charge in [0.1, 0.15) is 11.3 Å². The lowest BCUT2D eigenvalue weighted by Crippen LogP contribution is -2.12.